The summed E-state index contributed by atoms with van der Waals surface area (Å²) in [5.74, 6) is -0.212. The van der Waals surface area contributed by atoms with Crippen molar-refractivity contribution in [2.45, 2.75) is 31.1 Å². The highest BCUT2D eigenvalue weighted by molar-refractivity contribution is 5.98. The van der Waals surface area contributed by atoms with Crippen molar-refractivity contribution < 1.29 is 29.6 Å². The van der Waals surface area contributed by atoms with Gasteiger partial charge in [0.25, 0.3) is 5.56 Å². The Morgan fingerprint density at radius 1 is 1.18 bits per heavy atom. The van der Waals surface area contributed by atoms with Gasteiger partial charge in [0.1, 0.15) is 24.1 Å². The van der Waals surface area contributed by atoms with Crippen molar-refractivity contribution in [1.29, 1.82) is 0 Å². The van der Waals surface area contributed by atoms with Crippen LogP contribution in [0.1, 0.15) is 16.6 Å². The van der Waals surface area contributed by atoms with E-state index in [4.69, 9.17) is 9.47 Å². The number of ketones is 1. The molecule has 150 valence electrons. The number of benzene rings is 1. The number of carbonyl (C=O) groups excluding carboxylic acids is 1. The van der Waals surface area contributed by atoms with Crippen molar-refractivity contribution in [3.8, 4) is 5.75 Å². The number of aliphatic hydroxyl groups excluding tert-OH is 3. The highest BCUT2D eigenvalue weighted by Gasteiger charge is 2.43. The molecule has 1 aliphatic rings. The van der Waals surface area contributed by atoms with E-state index in [1.807, 2.05) is 0 Å². The number of nitrogens with zero attached hydrogens (tertiary/aromatic N) is 2. The van der Waals surface area contributed by atoms with Crippen LogP contribution in [0.25, 0.3) is 0 Å². The largest absolute Gasteiger partial charge is 0.496 e. The number of hydrogen-bond donors (Lipinski definition) is 3. The number of ether oxygens (including phenoxy) is 2. The molecular weight excluding hydrogens is 372 g/mol. The minimum Gasteiger partial charge on any atom is -0.496 e. The highest BCUT2D eigenvalue weighted by Crippen LogP contribution is 2.27. The summed E-state index contributed by atoms with van der Waals surface area (Å²) in [5.41, 5.74) is -1.40. The van der Waals surface area contributed by atoms with Gasteiger partial charge in [0.05, 0.1) is 25.8 Å². The first-order valence-electron chi connectivity index (χ1n) is 8.49. The van der Waals surface area contributed by atoms with Gasteiger partial charge in [-0.15, -0.1) is 0 Å². The SMILES string of the molecule is COc1ccccc1C(=O)Cn1c(=O)ccn([C@@H]2O[C@H](CO)[C@@H](O)[C@H]2O)c1=O. The molecule has 1 aromatic heterocycles. The Morgan fingerprint density at radius 3 is 2.54 bits per heavy atom. The summed E-state index contributed by atoms with van der Waals surface area (Å²) in [6.07, 6.45) is -4.19. The monoisotopic (exact) mass is 392 g/mol. The van der Waals surface area contributed by atoms with Crippen molar-refractivity contribution in [3.05, 3.63) is 62.9 Å². The van der Waals surface area contributed by atoms with E-state index in [-0.39, 0.29) is 5.56 Å². The number of aliphatic hydroxyl groups is 3. The van der Waals surface area contributed by atoms with E-state index in [0.717, 1.165) is 16.8 Å². The molecule has 1 saturated heterocycles. The van der Waals surface area contributed by atoms with Gasteiger partial charge in [-0.1, -0.05) is 12.1 Å². The minimum atomic E-state index is -1.49. The van der Waals surface area contributed by atoms with Crippen LogP contribution in [0.2, 0.25) is 0 Å². The number of hydrogen-bond acceptors (Lipinski definition) is 8. The third kappa shape index (κ3) is 3.50. The molecule has 0 unspecified atom stereocenters. The third-order valence-corrected chi connectivity index (χ3v) is 4.60. The minimum absolute atomic E-state index is 0.208. The van der Waals surface area contributed by atoms with Crippen LogP contribution in [0.15, 0.2) is 46.1 Å². The lowest BCUT2D eigenvalue weighted by atomic mass is 10.1. The second kappa shape index (κ2) is 8.07. The average molecular weight is 392 g/mol. The van der Waals surface area contributed by atoms with Crippen molar-refractivity contribution in [1.82, 2.24) is 9.13 Å². The van der Waals surface area contributed by atoms with E-state index in [2.05, 4.69) is 0 Å². The standard InChI is InChI=1S/C18H20N2O8/c1-27-12-5-3-2-4-10(12)11(22)8-20-14(23)6-7-19(18(20)26)17-16(25)15(24)13(9-21)28-17/h2-7,13,15-17,21,24-25H,8-9H2,1H3/t13-,15-,16-,17-/m1/s1. The quantitative estimate of drug-likeness (QED) is 0.505. The summed E-state index contributed by atoms with van der Waals surface area (Å²) in [5, 5.41) is 29.2. The molecule has 10 nitrogen and oxygen atoms in total. The maximum atomic E-state index is 12.8. The van der Waals surface area contributed by atoms with E-state index >= 15 is 0 Å². The number of aromatic nitrogens is 2. The van der Waals surface area contributed by atoms with Crippen molar-refractivity contribution in [2.24, 2.45) is 0 Å². The van der Waals surface area contributed by atoms with Crippen LogP contribution in [0, 0.1) is 0 Å². The van der Waals surface area contributed by atoms with E-state index in [1.165, 1.54) is 13.2 Å². The highest BCUT2D eigenvalue weighted by atomic mass is 16.6. The Hall–Kier alpha value is -2.79. The molecule has 0 saturated carbocycles. The van der Waals surface area contributed by atoms with Crippen LogP contribution in [0.4, 0.5) is 0 Å². The van der Waals surface area contributed by atoms with Crippen molar-refractivity contribution in [2.75, 3.05) is 13.7 Å². The topological polar surface area (TPSA) is 140 Å². The van der Waals surface area contributed by atoms with Gasteiger partial charge < -0.3 is 24.8 Å². The van der Waals surface area contributed by atoms with Gasteiger partial charge in [0, 0.05) is 12.3 Å². The molecule has 1 aromatic carbocycles. The lowest BCUT2D eigenvalue weighted by Gasteiger charge is -2.18. The van der Waals surface area contributed by atoms with Gasteiger partial charge in [0.15, 0.2) is 12.0 Å². The Morgan fingerprint density at radius 2 is 1.89 bits per heavy atom. The fourth-order valence-electron chi connectivity index (χ4n) is 3.08. The van der Waals surface area contributed by atoms with Crippen molar-refractivity contribution in [3.63, 3.8) is 0 Å². The summed E-state index contributed by atoms with van der Waals surface area (Å²) < 4.78 is 12.0. The summed E-state index contributed by atoms with van der Waals surface area (Å²) in [4.78, 5) is 37.5. The summed E-state index contributed by atoms with van der Waals surface area (Å²) in [6.45, 7) is -1.11. The van der Waals surface area contributed by atoms with E-state index < -0.39 is 54.7 Å². The van der Waals surface area contributed by atoms with Gasteiger partial charge >= 0.3 is 5.69 Å². The van der Waals surface area contributed by atoms with Crippen LogP contribution >= 0.6 is 0 Å². The van der Waals surface area contributed by atoms with Crippen LogP contribution in [-0.2, 0) is 11.3 Å². The number of methoxy groups -OCH3 is 1. The summed E-state index contributed by atoms with van der Waals surface area (Å²) >= 11 is 0. The van der Waals surface area contributed by atoms with Crippen LogP contribution in [0.5, 0.6) is 5.75 Å². The molecule has 1 aliphatic heterocycles. The third-order valence-electron chi connectivity index (χ3n) is 4.60. The lowest BCUT2D eigenvalue weighted by Crippen LogP contribution is -2.44. The molecule has 4 atom stereocenters. The zero-order valence-electron chi connectivity index (χ0n) is 15.0. The fourth-order valence-corrected chi connectivity index (χ4v) is 3.08. The molecule has 3 rings (SSSR count). The molecule has 3 N–H and O–H groups in total. The van der Waals surface area contributed by atoms with Gasteiger partial charge in [-0.3, -0.25) is 18.7 Å². The number of Topliss-reactive ketones (excluding diaryl/α,β-unsaturated/α-hetero) is 1. The Labute approximate surface area is 158 Å². The predicted molar refractivity (Wildman–Crippen MR) is 95.3 cm³/mol. The van der Waals surface area contributed by atoms with E-state index in [1.54, 1.807) is 18.2 Å². The summed E-state index contributed by atoms with van der Waals surface area (Å²) in [6, 6.07) is 7.45. The number of rotatable bonds is 6. The molecule has 0 spiro atoms. The Bertz CT molecular complexity index is 982. The maximum Gasteiger partial charge on any atom is 0.333 e. The maximum absolute atomic E-state index is 12.8. The fraction of sp³-hybridized carbons (Fsp3) is 0.389. The molecule has 1 fully saturated rings. The van der Waals surface area contributed by atoms with Gasteiger partial charge in [-0.2, -0.15) is 0 Å². The normalized spacial score (nSPS) is 24.3. The molecule has 0 amide bonds. The molecule has 28 heavy (non-hydrogen) atoms. The van der Waals surface area contributed by atoms with E-state index in [0.29, 0.717) is 10.3 Å². The molecule has 10 heteroatoms. The average Bonchev–Trinajstić information content (AvgIpc) is 2.99. The van der Waals surface area contributed by atoms with Crippen LogP contribution in [0.3, 0.4) is 0 Å². The first-order valence-corrected chi connectivity index (χ1v) is 8.49. The molecule has 0 aliphatic carbocycles. The van der Waals surface area contributed by atoms with Crippen LogP contribution < -0.4 is 16.0 Å². The van der Waals surface area contributed by atoms with Gasteiger partial charge in [-0.25, -0.2) is 4.79 Å². The zero-order valence-corrected chi connectivity index (χ0v) is 15.0. The molecule has 0 radical (unpaired) electrons. The molecular formula is C18H20N2O8. The first-order chi connectivity index (χ1) is 13.4. The molecule has 2 heterocycles. The predicted octanol–water partition coefficient (Wildman–Crippen LogP) is -1.49. The van der Waals surface area contributed by atoms with Crippen molar-refractivity contribution >= 4 is 5.78 Å². The zero-order chi connectivity index (χ0) is 20.4. The molecule has 2 aromatic rings. The second-order valence-electron chi connectivity index (χ2n) is 6.28. The first kappa shape index (κ1) is 20.0. The Balaban J connectivity index is 1.95. The lowest BCUT2D eigenvalue weighted by molar-refractivity contribution is -0.0555. The van der Waals surface area contributed by atoms with E-state index in [9.17, 15) is 29.7 Å². The number of para-hydroxylation sites is 1. The van der Waals surface area contributed by atoms with Crippen LogP contribution in [-0.4, -0.2) is 62.3 Å². The number of carbonyl (C=O) groups is 1. The summed E-state index contributed by atoms with van der Waals surface area (Å²) in [7, 11) is 1.40. The Kier molecular flexibility index (Phi) is 5.75. The second-order valence-corrected chi connectivity index (χ2v) is 6.28. The van der Waals surface area contributed by atoms with Gasteiger partial charge in [0.2, 0.25) is 0 Å². The molecule has 0 bridgehead atoms. The van der Waals surface area contributed by atoms with Gasteiger partial charge in [-0.05, 0) is 12.1 Å². The smallest absolute Gasteiger partial charge is 0.333 e.